The molecule has 1 aromatic heterocycles. The Kier molecular flexibility index (Phi) is 8.70. The number of carboxylic acid groups (broad SMARTS) is 1. The Morgan fingerprint density at radius 1 is 1.24 bits per heavy atom. The van der Waals surface area contributed by atoms with Crippen LogP contribution in [0, 0.1) is 0 Å². The average molecular weight is 512 g/mol. The van der Waals surface area contributed by atoms with Crippen molar-refractivity contribution >= 4 is 43.2 Å². The second kappa shape index (κ2) is 10.6. The number of aliphatic carboxylic acids is 1. The van der Waals surface area contributed by atoms with Crippen LogP contribution in [0.1, 0.15) is 63.5 Å². The van der Waals surface area contributed by atoms with E-state index in [-0.39, 0.29) is 23.4 Å². The lowest BCUT2D eigenvalue weighted by atomic mass is 10.1. The summed E-state index contributed by atoms with van der Waals surface area (Å²) in [6.07, 6.45) is 2.13. The number of carbonyl (C=O) groups is 3. The van der Waals surface area contributed by atoms with Gasteiger partial charge in [-0.1, -0.05) is 26.8 Å². The van der Waals surface area contributed by atoms with Crippen LogP contribution in [0.5, 0.6) is 0 Å². The van der Waals surface area contributed by atoms with Gasteiger partial charge in [0, 0.05) is 18.5 Å². The lowest BCUT2D eigenvalue weighted by Gasteiger charge is -2.36. The molecule has 2 heterocycles. The second-order valence-electron chi connectivity index (χ2n) is 10.9. The molecule has 1 aliphatic heterocycles. The third-order valence-electron chi connectivity index (χ3n) is 5.89. The number of carbonyl (C=O) groups excluding carboxylic acids is 2. The number of rotatable bonds is 7. The van der Waals surface area contributed by atoms with E-state index in [0.717, 1.165) is 5.57 Å². The summed E-state index contributed by atoms with van der Waals surface area (Å²) in [7, 11) is -2.16. The summed E-state index contributed by atoms with van der Waals surface area (Å²) in [4.78, 5) is 42.7. The number of ether oxygens (including phenoxy) is 1. The van der Waals surface area contributed by atoms with Crippen LogP contribution in [0.15, 0.2) is 11.5 Å². The van der Waals surface area contributed by atoms with Gasteiger partial charge in [0.25, 0.3) is 5.91 Å². The normalized spacial score (nSPS) is 16.0. The predicted octanol–water partition coefficient (Wildman–Crippen LogP) is 4.37. The molecule has 0 saturated heterocycles. The fraction of sp³-hybridized carbons (Fsp3) is 0.652. The first kappa shape index (κ1) is 28.0. The van der Waals surface area contributed by atoms with Crippen LogP contribution < -0.4 is 5.32 Å². The number of hydrogen-bond acceptors (Lipinski definition) is 7. The maximum Gasteiger partial charge on any atom is 0.410 e. The molecule has 2 N–H and O–H groups in total. The van der Waals surface area contributed by atoms with Crippen molar-refractivity contribution in [1.29, 1.82) is 0 Å². The van der Waals surface area contributed by atoms with Crippen LogP contribution in [0.25, 0.3) is 5.57 Å². The molecule has 190 valence electrons. The minimum absolute atomic E-state index is 0.0728. The Morgan fingerprint density at radius 3 is 2.38 bits per heavy atom. The number of hydrogen-bond donors (Lipinski definition) is 2. The minimum Gasteiger partial charge on any atom is -0.480 e. The highest BCUT2D eigenvalue weighted by Gasteiger charge is 2.38. The minimum atomic E-state index is -2.16. The van der Waals surface area contributed by atoms with Gasteiger partial charge in [0.1, 0.15) is 22.3 Å². The van der Waals surface area contributed by atoms with Crippen molar-refractivity contribution in [2.75, 3.05) is 19.7 Å². The molecule has 0 radical (unpaired) electrons. The maximum atomic E-state index is 12.7. The largest absolute Gasteiger partial charge is 0.480 e. The summed E-state index contributed by atoms with van der Waals surface area (Å²) in [6, 6.07) is -1.16. The third kappa shape index (κ3) is 7.64. The van der Waals surface area contributed by atoms with Crippen LogP contribution in [0.2, 0.25) is 18.1 Å². The van der Waals surface area contributed by atoms with Crippen LogP contribution in [-0.4, -0.2) is 72.6 Å². The van der Waals surface area contributed by atoms with E-state index in [1.165, 1.54) is 11.3 Å². The van der Waals surface area contributed by atoms with Crippen molar-refractivity contribution in [3.8, 4) is 0 Å². The van der Waals surface area contributed by atoms with Crippen LogP contribution >= 0.6 is 11.3 Å². The molecule has 0 aliphatic carbocycles. The molecule has 11 heteroatoms. The van der Waals surface area contributed by atoms with Gasteiger partial charge in [-0.05, 0) is 50.9 Å². The third-order valence-corrected chi connectivity index (χ3v) is 11.3. The van der Waals surface area contributed by atoms with E-state index in [2.05, 4.69) is 31.1 Å². The topological polar surface area (TPSA) is 118 Å². The molecular weight excluding hydrogens is 474 g/mol. The van der Waals surface area contributed by atoms with Crippen molar-refractivity contribution in [3.05, 3.63) is 22.2 Å². The first-order valence-corrected chi connectivity index (χ1v) is 15.1. The lowest BCUT2D eigenvalue weighted by molar-refractivity contribution is -0.140. The van der Waals surface area contributed by atoms with Crippen molar-refractivity contribution in [2.24, 2.45) is 0 Å². The smallest absolute Gasteiger partial charge is 0.410 e. The molecule has 0 fully saturated rings. The number of nitrogens with one attached hydrogen (secondary N) is 1. The van der Waals surface area contributed by atoms with Gasteiger partial charge >= 0.3 is 12.1 Å². The Labute approximate surface area is 206 Å². The highest BCUT2D eigenvalue weighted by molar-refractivity contribution is 7.11. The number of nitrogens with zero attached hydrogens (tertiary/aromatic N) is 2. The van der Waals surface area contributed by atoms with Crippen molar-refractivity contribution in [2.45, 2.75) is 77.7 Å². The SMILES string of the molecule is CC(C)(C)OC(=O)N1CC=C(c2nc(C(=O)NC(CO[Si](C)(C)C(C)(C)C)C(=O)O)cs2)CC1. The number of aromatic nitrogens is 1. The summed E-state index contributed by atoms with van der Waals surface area (Å²) in [5.41, 5.74) is 0.552. The van der Waals surface area contributed by atoms with Gasteiger partial charge in [-0.25, -0.2) is 14.6 Å². The van der Waals surface area contributed by atoms with Gasteiger partial charge in [-0.15, -0.1) is 11.3 Å². The van der Waals surface area contributed by atoms with E-state index in [9.17, 15) is 19.5 Å². The summed E-state index contributed by atoms with van der Waals surface area (Å²) in [5.74, 6) is -1.71. The fourth-order valence-corrected chi connectivity index (χ4v) is 4.68. The first-order chi connectivity index (χ1) is 15.5. The predicted molar refractivity (Wildman–Crippen MR) is 135 cm³/mol. The van der Waals surface area contributed by atoms with Gasteiger partial charge in [0.15, 0.2) is 8.32 Å². The molecule has 1 aromatic rings. The maximum absolute atomic E-state index is 12.7. The van der Waals surface area contributed by atoms with Gasteiger partial charge in [0.2, 0.25) is 0 Å². The zero-order chi connectivity index (χ0) is 25.9. The molecule has 34 heavy (non-hydrogen) atoms. The summed E-state index contributed by atoms with van der Waals surface area (Å²) >= 11 is 1.31. The Morgan fingerprint density at radius 2 is 1.88 bits per heavy atom. The van der Waals surface area contributed by atoms with E-state index in [1.807, 2.05) is 39.9 Å². The number of carboxylic acids is 1. The van der Waals surface area contributed by atoms with Crippen LogP contribution in [0.3, 0.4) is 0 Å². The average Bonchev–Trinajstić information content (AvgIpc) is 3.19. The van der Waals surface area contributed by atoms with E-state index >= 15 is 0 Å². The molecule has 9 nitrogen and oxygen atoms in total. The van der Waals surface area contributed by atoms with E-state index < -0.39 is 31.8 Å². The van der Waals surface area contributed by atoms with E-state index in [4.69, 9.17) is 9.16 Å². The first-order valence-electron chi connectivity index (χ1n) is 11.3. The van der Waals surface area contributed by atoms with Gasteiger partial charge in [0.05, 0.1) is 6.61 Å². The zero-order valence-electron chi connectivity index (χ0n) is 21.4. The van der Waals surface area contributed by atoms with Crippen molar-refractivity contribution < 1.29 is 28.7 Å². The lowest BCUT2D eigenvalue weighted by Crippen LogP contribution is -2.49. The fourth-order valence-electron chi connectivity index (χ4n) is 2.80. The summed E-state index contributed by atoms with van der Waals surface area (Å²) in [6.45, 7) is 16.5. The monoisotopic (exact) mass is 511 g/mol. The summed E-state index contributed by atoms with van der Waals surface area (Å²) in [5, 5.41) is 14.3. The second-order valence-corrected chi connectivity index (χ2v) is 16.5. The van der Waals surface area contributed by atoms with E-state index in [1.54, 1.807) is 10.3 Å². The molecule has 1 aliphatic rings. The molecule has 1 atom stereocenters. The Balaban J connectivity index is 2.00. The highest BCUT2D eigenvalue weighted by Crippen LogP contribution is 2.36. The summed E-state index contributed by atoms with van der Waals surface area (Å²) < 4.78 is 11.4. The Hall–Kier alpha value is -2.24. The quantitative estimate of drug-likeness (QED) is 0.522. The Bertz CT molecular complexity index is 945. The van der Waals surface area contributed by atoms with Gasteiger partial charge in [-0.2, -0.15) is 0 Å². The van der Waals surface area contributed by atoms with Crippen LogP contribution in [-0.2, 0) is 14.0 Å². The van der Waals surface area contributed by atoms with Crippen LogP contribution in [0.4, 0.5) is 4.79 Å². The van der Waals surface area contributed by atoms with Gasteiger partial charge < -0.3 is 24.5 Å². The molecule has 2 rings (SSSR count). The highest BCUT2D eigenvalue weighted by atomic mass is 32.1. The van der Waals surface area contributed by atoms with Gasteiger partial charge in [-0.3, -0.25) is 4.79 Å². The molecule has 0 saturated carbocycles. The van der Waals surface area contributed by atoms with Crippen molar-refractivity contribution in [3.63, 3.8) is 0 Å². The number of amides is 2. The number of thiazole rings is 1. The standard InChI is InChI=1S/C23H37N3O6SSi/c1-22(2,3)32-21(30)26-11-9-15(10-12-26)19-25-17(14-33-19)18(27)24-16(20(28)29)13-31-34(7,8)23(4,5)6/h9,14,16H,10-13H2,1-8H3,(H,24,27)(H,28,29). The molecule has 1 unspecified atom stereocenters. The molecule has 2 amide bonds. The van der Waals surface area contributed by atoms with E-state index in [0.29, 0.717) is 24.5 Å². The molecule has 0 spiro atoms. The molecule has 0 bridgehead atoms. The molecule has 0 aromatic carbocycles. The molecular formula is C23H37N3O6SSi. The zero-order valence-corrected chi connectivity index (χ0v) is 23.2. The van der Waals surface area contributed by atoms with Crippen molar-refractivity contribution in [1.82, 2.24) is 15.2 Å².